The molecule has 1 unspecified atom stereocenters. The molecule has 0 bridgehead atoms. The van der Waals surface area contributed by atoms with Crippen molar-refractivity contribution >= 4 is 17.7 Å². The molecule has 3 aliphatic heterocycles. The Morgan fingerprint density at radius 1 is 1.10 bits per heavy atom. The summed E-state index contributed by atoms with van der Waals surface area (Å²) in [7, 11) is 0. The Labute approximate surface area is 170 Å². The number of hydrogen-bond donors (Lipinski definition) is 3. The molecule has 3 N–H and O–H groups in total. The maximum absolute atomic E-state index is 12.9. The Balaban J connectivity index is 1.19. The molecule has 4 aliphatic rings. The zero-order valence-electron chi connectivity index (χ0n) is 16.6. The van der Waals surface area contributed by atoms with Crippen molar-refractivity contribution in [2.24, 2.45) is 11.8 Å². The summed E-state index contributed by atoms with van der Waals surface area (Å²) in [6.07, 6.45) is 4.51. The van der Waals surface area contributed by atoms with Gasteiger partial charge in [-0.2, -0.15) is 0 Å². The first-order chi connectivity index (χ1) is 14.1. The van der Waals surface area contributed by atoms with Crippen molar-refractivity contribution in [3.8, 4) is 0 Å². The number of piperidine rings is 2. The number of carbonyl (C=O) groups excluding carboxylic acids is 3. The van der Waals surface area contributed by atoms with E-state index in [1.165, 1.54) is 19.3 Å². The van der Waals surface area contributed by atoms with E-state index in [0.717, 1.165) is 42.6 Å². The zero-order valence-corrected chi connectivity index (χ0v) is 16.6. The Kier molecular flexibility index (Phi) is 4.87. The third-order valence-corrected chi connectivity index (χ3v) is 6.99. The fourth-order valence-electron chi connectivity index (χ4n) is 5.20. The topological polar surface area (TPSA) is 90.5 Å². The monoisotopic (exact) mass is 396 g/mol. The highest BCUT2D eigenvalue weighted by Crippen LogP contribution is 2.41. The van der Waals surface area contributed by atoms with Gasteiger partial charge in [0.25, 0.3) is 5.91 Å². The van der Waals surface area contributed by atoms with Crippen LogP contribution in [-0.2, 0) is 22.7 Å². The Morgan fingerprint density at radius 3 is 2.72 bits per heavy atom. The van der Waals surface area contributed by atoms with Gasteiger partial charge in [-0.15, -0.1) is 0 Å². The number of fused-ring (bicyclic) bond motifs is 1. The highest BCUT2D eigenvalue weighted by Gasteiger charge is 2.43. The van der Waals surface area contributed by atoms with Gasteiger partial charge in [0.2, 0.25) is 11.8 Å². The number of amides is 3. The quantitative estimate of drug-likeness (QED) is 0.644. The van der Waals surface area contributed by atoms with E-state index in [1.54, 1.807) is 4.90 Å². The lowest BCUT2D eigenvalue weighted by Gasteiger charge is -2.29. The molecule has 3 amide bonds. The fraction of sp³-hybridized carbons (Fsp3) is 0.591. The average Bonchev–Trinajstić information content (AvgIpc) is 3.44. The predicted octanol–water partition coefficient (Wildman–Crippen LogP) is 0.925. The minimum absolute atomic E-state index is 0.102. The first-order valence-corrected chi connectivity index (χ1v) is 10.8. The summed E-state index contributed by atoms with van der Waals surface area (Å²) in [5.74, 6) is 0.928. The van der Waals surface area contributed by atoms with Gasteiger partial charge in [-0.1, -0.05) is 12.1 Å². The van der Waals surface area contributed by atoms with Crippen LogP contribution < -0.4 is 16.0 Å². The second kappa shape index (κ2) is 7.54. The lowest BCUT2D eigenvalue weighted by atomic mass is 9.93. The molecule has 0 aromatic heterocycles. The van der Waals surface area contributed by atoms with E-state index in [2.05, 4.69) is 22.0 Å². The number of nitrogens with one attached hydrogen (secondary N) is 3. The third kappa shape index (κ3) is 3.69. The van der Waals surface area contributed by atoms with Crippen molar-refractivity contribution in [2.75, 3.05) is 13.1 Å². The van der Waals surface area contributed by atoms with Gasteiger partial charge in [0.1, 0.15) is 6.04 Å². The number of nitrogens with zero attached hydrogens (tertiary/aromatic N) is 1. The molecule has 3 fully saturated rings. The third-order valence-electron chi connectivity index (χ3n) is 6.99. The number of benzene rings is 1. The van der Waals surface area contributed by atoms with Crippen LogP contribution in [0.3, 0.4) is 0 Å². The second-order valence-corrected chi connectivity index (χ2v) is 8.87. The molecular weight excluding hydrogens is 368 g/mol. The summed E-state index contributed by atoms with van der Waals surface area (Å²) in [6, 6.07) is 6.11. The number of rotatable bonds is 5. The SMILES string of the molecule is O=C1CCC(N2Cc3ccc(CN[C@@H]4C[C@H]4C4CCNCC4)cc3C2=O)C(=O)N1. The van der Waals surface area contributed by atoms with Gasteiger partial charge in [0, 0.05) is 31.1 Å². The van der Waals surface area contributed by atoms with Crippen LogP contribution in [0.15, 0.2) is 18.2 Å². The van der Waals surface area contributed by atoms with E-state index in [9.17, 15) is 14.4 Å². The molecule has 5 rings (SSSR count). The minimum Gasteiger partial charge on any atom is -0.322 e. The fourth-order valence-corrected chi connectivity index (χ4v) is 5.20. The van der Waals surface area contributed by atoms with Crippen LogP contribution >= 0.6 is 0 Å². The molecule has 0 radical (unpaired) electrons. The van der Waals surface area contributed by atoms with Crippen LogP contribution in [0.1, 0.15) is 53.6 Å². The first-order valence-electron chi connectivity index (χ1n) is 10.8. The van der Waals surface area contributed by atoms with E-state index in [4.69, 9.17) is 0 Å². The van der Waals surface area contributed by atoms with Crippen LogP contribution in [0, 0.1) is 11.8 Å². The molecule has 7 heteroatoms. The Bertz CT molecular complexity index is 848. The molecule has 2 saturated heterocycles. The summed E-state index contributed by atoms with van der Waals surface area (Å²) >= 11 is 0. The molecule has 7 nitrogen and oxygen atoms in total. The number of carbonyl (C=O) groups is 3. The van der Waals surface area contributed by atoms with Gasteiger partial charge in [0.15, 0.2) is 0 Å². The predicted molar refractivity (Wildman–Crippen MR) is 107 cm³/mol. The first kappa shape index (κ1) is 18.8. The molecular formula is C22H28N4O3. The van der Waals surface area contributed by atoms with E-state index < -0.39 is 6.04 Å². The van der Waals surface area contributed by atoms with E-state index in [-0.39, 0.29) is 24.1 Å². The molecule has 3 atom stereocenters. The van der Waals surface area contributed by atoms with Gasteiger partial charge in [-0.05, 0) is 67.8 Å². The minimum atomic E-state index is -0.550. The van der Waals surface area contributed by atoms with Crippen LogP contribution in [0.2, 0.25) is 0 Å². The molecule has 3 heterocycles. The van der Waals surface area contributed by atoms with Gasteiger partial charge < -0.3 is 15.5 Å². The summed E-state index contributed by atoms with van der Waals surface area (Å²) in [5.41, 5.74) is 2.76. The van der Waals surface area contributed by atoms with Crippen molar-refractivity contribution in [2.45, 2.75) is 57.3 Å². The Hall–Kier alpha value is -2.25. The van der Waals surface area contributed by atoms with E-state index in [1.807, 2.05) is 12.1 Å². The van der Waals surface area contributed by atoms with Gasteiger partial charge in [0.05, 0.1) is 0 Å². The second-order valence-electron chi connectivity index (χ2n) is 8.87. The van der Waals surface area contributed by atoms with Crippen LogP contribution in [-0.4, -0.2) is 47.8 Å². The number of hydrogen-bond acceptors (Lipinski definition) is 5. The summed E-state index contributed by atoms with van der Waals surface area (Å²) < 4.78 is 0. The van der Waals surface area contributed by atoms with Crippen molar-refractivity contribution < 1.29 is 14.4 Å². The summed E-state index contributed by atoms with van der Waals surface area (Å²) in [6.45, 7) is 3.49. The standard InChI is InChI=1S/C22H28N4O3/c27-20-4-3-19(21(28)25-20)26-12-15-2-1-13(9-17(15)22(26)29)11-24-18-10-16(18)14-5-7-23-8-6-14/h1-2,9,14,16,18-19,23-24H,3-8,10-12H2,(H,25,27,28)/t16-,18+,19?/m0/s1. The number of imide groups is 1. The van der Waals surface area contributed by atoms with Crippen molar-refractivity contribution in [3.05, 3.63) is 34.9 Å². The van der Waals surface area contributed by atoms with Crippen molar-refractivity contribution in [1.82, 2.24) is 20.9 Å². The molecule has 1 aromatic carbocycles. The summed E-state index contributed by atoms with van der Waals surface area (Å²) in [4.78, 5) is 38.1. The maximum atomic E-state index is 12.9. The van der Waals surface area contributed by atoms with E-state index >= 15 is 0 Å². The van der Waals surface area contributed by atoms with Gasteiger partial charge in [-0.25, -0.2) is 0 Å². The van der Waals surface area contributed by atoms with Gasteiger partial charge in [-0.3, -0.25) is 19.7 Å². The van der Waals surface area contributed by atoms with Gasteiger partial charge >= 0.3 is 0 Å². The summed E-state index contributed by atoms with van der Waals surface area (Å²) in [5, 5.41) is 9.45. The zero-order chi connectivity index (χ0) is 20.0. The van der Waals surface area contributed by atoms with Crippen molar-refractivity contribution in [3.63, 3.8) is 0 Å². The van der Waals surface area contributed by atoms with Crippen LogP contribution in [0.25, 0.3) is 0 Å². The molecule has 1 aliphatic carbocycles. The normalized spacial score (nSPS) is 29.7. The van der Waals surface area contributed by atoms with Crippen LogP contribution in [0.5, 0.6) is 0 Å². The average molecular weight is 396 g/mol. The molecule has 1 aromatic rings. The highest BCUT2D eigenvalue weighted by molar-refractivity contribution is 6.05. The highest BCUT2D eigenvalue weighted by atomic mass is 16.2. The molecule has 0 spiro atoms. The molecule has 29 heavy (non-hydrogen) atoms. The lowest BCUT2D eigenvalue weighted by Crippen LogP contribution is -2.52. The maximum Gasteiger partial charge on any atom is 0.255 e. The lowest BCUT2D eigenvalue weighted by molar-refractivity contribution is -0.136. The van der Waals surface area contributed by atoms with Crippen LogP contribution in [0.4, 0.5) is 0 Å². The van der Waals surface area contributed by atoms with Crippen molar-refractivity contribution in [1.29, 1.82) is 0 Å². The Morgan fingerprint density at radius 2 is 1.93 bits per heavy atom. The van der Waals surface area contributed by atoms with E-state index in [0.29, 0.717) is 24.6 Å². The molecule has 1 saturated carbocycles. The smallest absolute Gasteiger partial charge is 0.255 e. The largest absolute Gasteiger partial charge is 0.322 e. The molecule has 154 valence electrons.